The molecule has 0 bridgehead atoms. The highest BCUT2D eigenvalue weighted by Gasteiger charge is 2.05. The van der Waals surface area contributed by atoms with E-state index in [0.29, 0.717) is 11.8 Å². The van der Waals surface area contributed by atoms with Crippen LogP contribution in [0, 0.1) is 6.92 Å². The second-order valence-electron chi connectivity index (χ2n) is 3.34. The number of carbonyl (C=O) groups excluding carboxylic acids is 1. The summed E-state index contributed by atoms with van der Waals surface area (Å²) in [4.78, 5) is 19.5. The largest absolute Gasteiger partial charge is 0.465 e. The molecule has 0 aliphatic heterocycles. The Balaban J connectivity index is 2.26. The summed E-state index contributed by atoms with van der Waals surface area (Å²) in [6.45, 7) is 4.46. The van der Waals surface area contributed by atoms with Gasteiger partial charge in [0.15, 0.2) is 5.16 Å². The predicted molar refractivity (Wildman–Crippen MR) is 63.4 cm³/mol. The van der Waals surface area contributed by atoms with Crippen LogP contribution < -0.4 is 0 Å². The van der Waals surface area contributed by atoms with Gasteiger partial charge in [0.2, 0.25) is 0 Å². The highest BCUT2D eigenvalue weighted by Crippen LogP contribution is 2.12. The molecule has 1 aromatic heterocycles. The van der Waals surface area contributed by atoms with E-state index in [1.165, 1.54) is 11.8 Å². The second kappa shape index (κ2) is 7.22. The third-order valence-electron chi connectivity index (χ3n) is 1.85. The highest BCUT2D eigenvalue weighted by atomic mass is 32.2. The lowest BCUT2D eigenvalue weighted by atomic mass is 10.4. The monoisotopic (exact) mass is 240 g/mol. The molecular weight excluding hydrogens is 224 g/mol. The minimum atomic E-state index is -0.205. The van der Waals surface area contributed by atoms with Gasteiger partial charge in [0.25, 0.3) is 0 Å². The molecule has 1 heterocycles. The van der Waals surface area contributed by atoms with Crippen LogP contribution in [0.5, 0.6) is 0 Å². The van der Waals surface area contributed by atoms with Gasteiger partial charge in [0, 0.05) is 11.9 Å². The first-order valence-corrected chi connectivity index (χ1v) is 6.29. The lowest BCUT2D eigenvalue weighted by molar-refractivity contribution is -0.140. The lowest BCUT2D eigenvalue weighted by Gasteiger charge is -2.03. The third-order valence-corrected chi connectivity index (χ3v) is 2.69. The number of unbranched alkanes of at least 4 members (excludes halogenated alkanes) is 1. The van der Waals surface area contributed by atoms with E-state index in [9.17, 15) is 4.79 Å². The van der Waals surface area contributed by atoms with Crippen molar-refractivity contribution in [1.29, 1.82) is 0 Å². The van der Waals surface area contributed by atoms with Crippen LogP contribution in [0.2, 0.25) is 0 Å². The van der Waals surface area contributed by atoms with Gasteiger partial charge < -0.3 is 4.74 Å². The van der Waals surface area contributed by atoms with Crippen molar-refractivity contribution >= 4 is 17.7 Å². The Bertz CT molecular complexity index is 345. The van der Waals surface area contributed by atoms with E-state index >= 15 is 0 Å². The van der Waals surface area contributed by atoms with Gasteiger partial charge in [-0.2, -0.15) is 0 Å². The molecule has 0 unspecified atom stereocenters. The van der Waals surface area contributed by atoms with Gasteiger partial charge in [-0.1, -0.05) is 25.1 Å². The summed E-state index contributed by atoms with van der Waals surface area (Å²) in [6.07, 6.45) is 3.63. The molecule has 0 aliphatic carbocycles. The van der Waals surface area contributed by atoms with Crippen LogP contribution >= 0.6 is 11.8 Å². The number of nitrogens with zero attached hydrogens (tertiary/aromatic N) is 2. The molecule has 4 nitrogen and oxygen atoms in total. The summed E-state index contributed by atoms with van der Waals surface area (Å²) in [5.41, 5.74) is 0.900. The van der Waals surface area contributed by atoms with Gasteiger partial charge in [0.1, 0.15) is 0 Å². The SMILES string of the molecule is CCCCOC(=O)CSc1nccc(C)n1. The van der Waals surface area contributed by atoms with Crippen molar-refractivity contribution in [3.8, 4) is 0 Å². The molecule has 0 aliphatic rings. The maximum atomic E-state index is 11.3. The second-order valence-corrected chi connectivity index (χ2v) is 4.29. The molecule has 1 rings (SSSR count). The van der Waals surface area contributed by atoms with Gasteiger partial charge in [0.05, 0.1) is 12.4 Å². The molecule has 0 saturated heterocycles. The first kappa shape index (κ1) is 13.0. The third kappa shape index (κ3) is 5.11. The zero-order valence-corrected chi connectivity index (χ0v) is 10.4. The summed E-state index contributed by atoms with van der Waals surface area (Å²) in [7, 11) is 0. The quantitative estimate of drug-likeness (QED) is 0.330. The molecule has 0 fully saturated rings. The molecule has 0 saturated carbocycles. The highest BCUT2D eigenvalue weighted by molar-refractivity contribution is 7.99. The Morgan fingerprint density at radius 3 is 3.06 bits per heavy atom. The maximum Gasteiger partial charge on any atom is 0.316 e. The normalized spacial score (nSPS) is 10.1. The van der Waals surface area contributed by atoms with E-state index in [2.05, 4.69) is 16.9 Å². The van der Waals surface area contributed by atoms with Crippen LogP contribution in [-0.4, -0.2) is 28.3 Å². The minimum absolute atomic E-state index is 0.205. The fourth-order valence-corrected chi connectivity index (χ4v) is 1.67. The summed E-state index contributed by atoms with van der Waals surface area (Å²) in [5.74, 6) is 0.0660. The van der Waals surface area contributed by atoms with Crippen LogP contribution in [0.1, 0.15) is 25.5 Å². The maximum absolute atomic E-state index is 11.3. The smallest absolute Gasteiger partial charge is 0.316 e. The molecule has 1 aromatic rings. The van der Waals surface area contributed by atoms with E-state index in [1.807, 2.05) is 13.0 Å². The number of thioether (sulfide) groups is 1. The summed E-state index contributed by atoms with van der Waals surface area (Å²) < 4.78 is 5.02. The van der Waals surface area contributed by atoms with Crippen molar-refractivity contribution in [1.82, 2.24) is 9.97 Å². The first-order chi connectivity index (χ1) is 7.72. The number of carbonyl (C=O) groups is 1. The van der Waals surface area contributed by atoms with Crippen molar-refractivity contribution < 1.29 is 9.53 Å². The average Bonchev–Trinajstić information content (AvgIpc) is 2.27. The number of rotatable bonds is 6. The standard InChI is InChI=1S/C11H16N2O2S/c1-3-4-7-15-10(14)8-16-11-12-6-5-9(2)13-11/h5-6H,3-4,7-8H2,1-2H3. The van der Waals surface area contributed by atoms with Gasteiger partial charge in [-0.15, -0.1) is 0 Å². The molecule has 0 N–H and O–H groups in total. The number of hydrogen-bond donors (Lipinski definition) is 0. The van der Waals surface area contributed by atoms with Crippen LogP contribution in [0.3, 0.4) is 0 Å². The molecular formula is C11H16N2O2S. The Morgan fingerprint density at radius 2 is 2.38 bits per heavy atom. The van der Waals surface area contributed by atoms with Crippen molar-refractivity contribution in [2.24, 2.45) is 0 Å². The Kier molecular flexibility index (Phi) is 5.85. The van der Waals surface area contributed by atoms with Gasteiger partial charge >= 0.3 is 5.97 Å². The lowest BCUT2D eigenvalue weighted by Crippen LogP contribution is -2.08. The van der Waals surface area contributed by atoms with Gasteiger partial charge in [-0.05, 0) is 19.4 Å². The van der Waals surface area contributed by atoms with Crippen molar-refractivity contribution in [2.45, 2.75) is 31.8 Å². The molecule has 0 spiro atoms. The van der Waals surface area contributed by atoms with E-state index in [1.54, 1.807) is 6.20 Å². The van der Waals surface area contributed by atoms with E-state index < -0.39 is 0 Å². The molecule has 88 valence electrons. The van der Waals surface area contributed by atoms with E-state index in [0.717, 1.165) is 18.5 Å². The molecule has 0 atom stereocenters. The Hall–Kier alpha value is -1.10. The zero-order valence-electron chi connectivity index (χ0n) is 9.60. The Labute approximate surface area is 99.8 Å². The summed E-state index contributed by atoms with van der Waals surface area (Å²) in [5, 5.41) is 0.618. The topological polar surface area (TPSA) is 52.1 Å². The molecule has 0 amide bonds. The average molecular weight is 240 g/mol. The number of esters is 1. The number of ether oxygens (including phenoxy) is 1. The van der Waals surface area contributed by atoms with Gasteiger partial charge in [-0.3, -0.25) is 4.79 Å². The minimum Gasteiger partial charge on any atom is -0.465 e. The van der Waals surface area contributed by atoms with Crippen LogP contribution in [0.4, 0.5) is 0 Å². The van der Waals surface area contributed by atoms with Crippen molar-refractivity contribution in [3.05, 3.63) is 18.0 Å². The van der Waals surface area contributed by atoms with Crippen molar-refractivity contribution in [2.75, 3.05) is 12.4 Å². The molecule has 5 heteroatoms. The molecule has 0 aromatic carbocycles. The summed E-state index contributed by atoms with van der Waals surface area (Å²) in [6, 6.07) is 1.82. The Morgan fingerprint density at radius 1 is 1.56 bits per heavy atom. The number of aryl methyl sites for hydroxylation is 1. The van der Waals surface area contributed by atoms with Crippen molar-refractivity contribution in [3.63, 3.8) is 0 Å². The fraction of sp³-hybridized carbons (Fsp3) is 0.545. The van der Waals surface area contributed by atoms with Crippen LogP contribution in [0.25, 0.3) is 0 Å². The first-order valence-electron chi connectivity index (χ1n) is 5.30. The summed E-state index contributed by atoms with van der Waals surface area (Å²) >= 11 is 1.30. The van der Waals surface area contributed by atoms with E-state index in [4.69, 9.17) is 4.74 Å². The number of aromatic nitrogens is 2. The predicted octanol–water partition coefficient (Wildman–Crippen LogP) is 2.22. The van der Waals surface area contributed by atoms with Crippen LogP contribution in [0.15, 0.2) is 17.4 Å². The van der Waals surface area contributed by atoms with Crippen LogP contribution in [-0.2, 0) is 9.53 Å². The fourth-order valence-electron chi connectivity index (χ4n) is 0.991. The number of hydrogen-bond acceptors (Lipinski definition) is 5. The molecule has 0 radical (unpaired) electrons. The van der Waals surface area contributed by atoms with Gasteiger partial charge in [-0.25, -0.2) is 9.97 Å². The zero-order chi connectivity index (χ0) is 11.8. The molecule has 16 heavy (non-hydrogen) atoms. The van der Waals surface area contributed by atoms with E-state index in [-0.39, 0.29) is 11.7 Å².